The van der Waals surface area contributed by atoms with Gasteiger partial charge in [0.05, 0.1) is 11.6 Å². The van der Waals surface area contributed by atoms with Gasteiger partial charge in [-0.1, -0.05) is 25.1 Å². The van der Waals surface area contributed by atoms with Gasteiger partial charge in [0.25, 0.3) is 5.91 Å². The monoisotopic (exact) mass is 462 g/mol. The Bertz CT molecular complexity index is 977. The lowest BCUT2D eigenvalue weighted by atomic mass is 10.1. The first-order valence-electron chi connectivity index (χ1n) is 9.02. The van der Waals surface area contributed by atoms with E-state index in [0.717, 1.165) is 0 Å². The first-order valence-corrected chi connectivity index (χ1v) is 9.82. The molecule has 3 amide bonds. The number of rotatable bonds is 7. The molecule has 152 valence electrons. The molecule has 0 spiro atoms. The summed E-state index contributed by atoms with van der Waals surface area (Å²) in [5.74, 6) is 0.0972. The second-order valence-corrected chi connectivity index (χ2v) is 7.21. The molecule has 6 nitrogen and oxygen atoms in total. The fourth-order valence-electron chi connectivity index (χ4n) is 2.89. The third kappa shape index (κ3) is 4.59. The van der Waals surface area contributed by atoms with E-state index in [2.05, 4.69) is 21.2 Å². The van der Waals surface area contributed by atoms with Crippen molar-refractivity contribution < 1.29 is 23.5 Å². The fraction of sp³-hybridized carbons (Fsp3) is 0.238. The smallest absolute Gasteiger partial charge is 0.329 e. The van der Waals surface area contributed by atoms with E-state index in [0.29, 0.717) is 40.1 Å². The molecule has 1 fully saturated rings. The van der Waals surface area contributed by atoms with Crippen LogP contribution in [0.5, 0.6) is 11.5 Å². The average molecular weight is 463 g/mol. The SMILES string of the molecule is CCCN1C(=O)N/C(=C/c2cc(Br)c(OCc3ccccc3F)c(OC)c2)C1=O. The second kappa shape index (κ2) is 9.09. The van der Waals surface area contributed by atoms with Crippen molar-refractivity contribution in [3.8, 4) is 11.5 Å². The number of urea groups is 1. The van der Waals surface area contributed by atoms with E-state index in [1.807, 2.05) is 6.92 Å². The van der Waals surface area contributed by atoms with Crippen LogP contribution in [0.3, 0.4) is 0 Å². The molecule has 0 saturated carbocycles. The number of amides is 3. The molecule has 0 atom stereocenters. The Morgan fingerprint density at radius 3 is 2.69 bits per heavy atom. The largest absolute Gasteiger partial charge is 0.493 e. The van der Waals surface area contributed by atoms with E-state index in [1.165, 1.54) is 18.1 Å². The molecule has 0 bridgehead atoms. The minimum Gasteiger partial charge on any atom is -0.493 e. The van der Waals surface area contributed by atoms with E-state index in [1.54, 1.807) is 36.4 Å². The van der Waals surface area contributed by atoms with Crippen molar-refractivity contribution in [1.82, 2.24) is 10.2 Å². The van der Waals surface area contributed by atoms with Gasteiger partial charge in [0.1, 0.15) is 18.1 Å². The number of carbonyl (C=O) groups is 2. The molecule has 2 aromatic carbocycles. The Balaban J connectivity index is 1.84. The molecule has 0 unspecified atom stereocenters. The zero-order valence-electron chi connectivity index (χ0n) is 16.0. The molecule has 29 heavy (non-hydrogen) atoms. The highest BCUT2D eigenvalue weighted by atomic mass is 79.9. The summed E-state index contributed by atoms with van der Waals surface area (Å²) in [5.41, 5.74) is 1.24. The molecule has 1 N–H and O–H groups in total. The van der Waals surface area contributed by atoms with E-state index in [4.69, 9.17) is 9.47 Å². The van der Waals surface area contributed by atoms with E-state index < -0.39 is 6.03 Å². The summed E-state index contributed by atoms with van der Waals surface area (Å²) in [4.78, 5) is 25.5. The van der Waals surface area contributed by atoms with Crippen LogP contribution in [-0.2, 0) is 11.4 Å². The number of nitrogens with one attached hydrogen (secondary N) is 1. The van der Waals surface area contributed by atoms with Crippen molar-refractivity contribution in [2.24, 2.45) is 0 Å². The summed E-state index contributed by atoms with van der Waals surface area (Å²) >= 11 is 3.43. The minimum absolute atomic E-state index is 0.0303. The van der Waals surface area contributed by atoms with E-state index >= 15 is 0 Å². The molecule has 1 heterocycles. The number of halogens is 2. The van der Waals surface area contributed by atoms with Gasteiger partial charge in [0, 0.05) is 12.1 Å². The Hall–Kier alpha value is -2.87. The Morgan fingerprint density at radius 2 is 2.00 bits per heavy atom. The Labute approximate surface area is 176 Å². The van der Waals surface area contributed by atoms with Crippen molar-refractivity contribution in [1.29, 1.82) is 0 Å². The van der Waals surface area contributed by atoms with Gasteiger partial charge in [-0.05, 0) is 52.2 Å². The van der Waals surface area contributed by atoms with Gasteiger partial charge in [-0.15, -0.1) is 0 Å². The Morgan fingerprint density at radius 1 is 1.24 bits per heavy atom. The molecule has 0 aliphatic carbocycles. The van der Waals surface area contributed by atoms with Gasteiger partial charge in [0.15, 0.2) is 11.5 Å². The van der Waals surface area contributed by atoms with Crippen molar-refractivity contribution in [2.45, 2.75) is 20.0 Å². The molecule has 1 aliphatic rings. The van der Waals surface area contributed by atoms with Gasteiger partial charge < -0.3 is 14.8 Å². The van der Waals surface area contributed by atoms with Crippen LogP contribution in [0.25, 0.3) is 6.08 Å². The summed E-state index contributed by atoms with van der Waals surface area (Å²) in [6.45, 7) is 2.28. The van der Waals surface area contributed by atoms with E-state index in [9.17, 15) is 14.0 Å². The molecule has 8 heteroatoms. The highest BCUT2D eigenvalue weighted by Gasteiger charge is 2.32. The van der Waals surface area contributed by atoms with Gasteiger partial charge in [-0.25, -0.2) is 9.18 Å². The first kappa shape index (κ1) is 20.9. The number of imide groups is 1. The average Bonchev–Trinajstić information content (AvgIpc) is 2.95. The predicted molar refractivity (Wildman–Crippen MR) is 110 cm³/mol. The number of carbonyl (C=O) groups excluding carboxylic acids is 2. The zero-order valence-corrected chi connectivity index (χ0v) is 17.6. The molecule has 0 aromatic heterocycles. The molecular formula is C21H20BrFN2O4. The predicted octanol–water partition coefficient (Wildman–Crippen LogP) is 4.48. The highest BCUT2D eigenvalue weighted by Crippen LogP contribution is 2.38. The maximum absolute atomic E-state index is 13.8. The van der Waals surface area contributed by atoms with Gasteiger partial charge >= 0.3 is 6.03 Å². The maximum Gasteiger partial charge on any atom is 0.329 e. The number of benzene rings is 2. The normalized spacial score (nSPS) is 15.0. The summed E-state index contributed by atoms with van der Waals surface area (Å²) in [5, 5.41) is 2.58. The first-order chi connectivity index (χ1) is 13.9. The molecular weight excluding hydrogens is 443 g/mol. The van der Waals surface area contributed by atoms with Crippen molar-refractivity contribution in [3.05, 3.63) is 63.5 Å². The Kier molecular flexibility index (Phi) is 6.53. The third-order valence-electron chi connectivity index (χ3n) is 4.30. The summed E-state index contributed by atoms with van der Waals surface area (Å²) < 4.78 is 25.5. The zero-order chi connectivity index (χ0) is 21.0. The summed E-state index contributed by atoms with van der Waals surface area (Å²) in [7, 11) is 1.49. The van der Waals surface area contributed by atoms with Crippen LogP contribution in [0.4, 0.5) is 9.18 Å². The van der Waals surface area contributed by atoms with Crippen LogP contribution >= 0.6 is 15.9 Å². The molecule has 1 saturated heterocycles. The number of hydrogen-bond acceptors (Lipinski definition) is 4. The topological polar surface area (TPSA) is 67.9 Å². The number of methoxy groups -OCH3 is 1. The van der Waals surface area contributed by atoms with Crippen LogP contribution in [0.2, 0.25) is 0 Å². The van der Waals surface area contributed by atoms with Crippen LogP contribution < -0.4 is 14.8 Å². The van der Waals surface area contributed by atoms with Crippen LogP contribution in [0.15, 0.2) is 46.6 Å². The fourth-order valence-corrected chi connectivity index (χ4v) is 3.47. The number of nitrogens with zero attached hydrogens (tertiary/aromatic N) is 1. The minimum atomic E-state index is -0.432. The lowest BCUT2D eigenvalue weighted by molar-refractivity contribution is -0.122. The maximum atomic E-state index is 13.8. The molecule has 3 rings (SSSR count). The van der Waals surface area contributed by atoms with Crippen LogP contribution in [-0.4, -0.2) is 30.5 Å². The quantitative estimate of drug-likeness (QED) is 0.486. The van der Waals surface area contributed by atoms with Gasteiger partial charge in [0.2, 0.25) is 0 Å². The van der Waals surface area contributed by atoms with Gasteiger partial charge in [-0.3, -0.25) is 9.69 Å². The summed E-state index contributed by atoms with van der Waals surface area (Å²) in [6, 6.07) is 9.34. The van der Waals surface area contributed by atoms with Crippen LogP contribution in [0.1, 0.15) is 24.5 Å². The standard InChI is InChI=1S/C21H20BrFN2O4/c1-3-8-25-20(26)17(24-21(25)27)10-13-9-15(22)19(18(11-13)28-2)29-12-14-6-4-5-7-16(14)23/h4-7,9-11H,3,8,12H2,1-2H3,(H,24,27)/b17-10+. The number of ether oxygens (including phenoxy) is 2. The molecule has 2 aromatic rings. The highest BCUT2D eigenvalue weighted by molar-refractivity contribution is 9.10. The molecule has 1 aliphatic heterocycles. The van der Waals surface area contributed by atoms with Gasteiger partial charge in [-0.2, -0.15) is 0 Å². The van der Waals surface area contributed by atoms with Crippen molar-refractivity contribution >= 4 is 33.9 Å². The third-order valence-corrected chi connectivity index (χ3v) is 4.89. The van der Waals surface area contributed by atoms with Crippen LogP contribution in [0, 0.1) is 5.82 Å². The van der Waals surface area contributed by atoms with Crippen molar-refractivity contribution in [2.75, 3.05) is 13.7 Å². The second-order valence-electron chi connectivity index (χ2n) is 6.36. The molecule has 0 radical (unpaired) electrons. The van der Waals surface area contributed by atoms with Crippen molar-refractivity contribution in [3.63, 3.8) is 0 Å². The lowest BCUT2D eigenvalue weighted by Crippen LogP contribution is -2.31. The number of hydrogen-bond donors (Lipinski definition) is 1. The lowest BCUT2D eigenvalue weighted by Gasteiger charge is -2.14. The summed E-state index contributed by atoms with van der Waals surface area (Å²) in [6.07, 6.45) is 2.25. The van der Waals surface area contributed by atoms with E-state index in [-0.39, 0.29) is 24.0 Å².